The van der Waals surface area contributed by atoms with E-state index in [0.29, 0.717) is 19.5 Å². The van der Waals surface area contributed by atoms with E-state index in [1.165, 1.54) is 0 Å². The van der Waals surface area contributed by atoms with Crippen molar-refractivity contribution < 1.29 is 9.53 Å². The van der Waals surface area contributed by atoms with Crippen LogP contribution in [0.4, 0.5) is 5.82 Å². The number of rotatable bonds is 2. The number of ether oxygens (including phenoxy) is 1. The zero-order valence-electron chi connectivity index (χ0n) is 16.7. The van der Waals surface area contributed by atoms with Gasteiger partial charge in [0, 0.05) is 38.2 Å². The van der Waals surface area contributed by atoms with Gasteiger partial charge in [-0.2, -0.15) is 4.52 Å². The van der Waals surface area contributed by atoms with Gasteiger partial charge in [0.15, 0.2) is 5.65 Å². The van der Waals surface area contributed by atoms with Gasteiger partial charge in [0.25, 0.3) is 0 Å². The number of para-hydroxylation sites is 1. The van der Waals surface area contributed by atoms with Crippen molar-refractivity contribution in [2.24, 2.45) is 0 Å². The van der Waals surface area contributed by atoms with Gasteiger partial charge in [0.1, 0.15) is 23.5 Å². The van der Waals surface area contributed by atoms with Gasteiger partial charge in [-0.15, -0.1) is 15.3 Å². The average Bonchev–Trinajstić information content (AvgIpc) is 3.20. The van der Waals surface area contributed by atoms with E-state index >= 15 is 0 Å². The molecule has 0 N–H and O–H groups in total. The van der Waals surface area contributed by atoms with Crippen molar-refractivity contribution in [2.45, 2.75) is 31.8 Å². The Labute approximate surface area is 169 Å². The summed E-state index contributed by atoms with van der Waals surface area (Å²) in [7, 11) is 0. The molecule has 2 aliphatic heterocycles. The van der Waals surface area contributed by atoms with Gasteiger partial charge in [0.2, 0.25) is 5.91 Å². The first kappa shape index (κ1) is 17.9. The molecule has 29 heavy (non-hydrogen) atoms. The van der Waals surface area contributed by atoms with Crippen LogP contribution in [0.1, 0.15) is 31.7 Å². The van der Waals surface area contributed by atoms with Gasteiger partial charge in [-0.3, -0.25) is 4.79 Å². The van der Waals surface area contributed by atoms with E-state index in [1.54, 1.807) is 10.8 Å². The highest BCUT2D eigenvalue weighted by Crippen LogP contribution is 2.41. The summed E-state index contributed by atoms with van der Waals surface area (Å²) in [6.45, 7) is 6.96. The van der Waals surface area contributed by atoms with E-state index in [9.17, 15) is 4.79 Å². The first-order chi connectivity index (χ1) is 14.0. The molecule has 1 saturated heterocycles. The first-order valence-corrected chi connectivity index (χ1v) is 9.99. The normalized spacial score (nSPS) is 21.0. The number of hydrogen-bond acceptors (Lipinski definition) is 6. The third-order valence-electron chi connectivity index (χ3n) is 5.74. The van der Waals surface area contributed by atoms with Crippen LogP contribution in [0.2, 0.25) is 0 Å². The predicted molar refractivity (Wildman–Crippen MR) is 108 cm³/mol. The second-order valence-electron chi connectivity index (χ2n) is 8.29. The van der Waals surface area contributed by atoms with Crippen LogP contribution in [-0.2, 0) is 4.79 Å². The number of piperazine rings is 1. The van der Waals surface area contributed by atoms with Crippen molar-refractivity contribution in [1.29, 1.82) is 0 Å². The fourth-order valence-corrected chi connectivity index (χ4v) is 4.29. The third-order valence-corrected chi connectivity index (χ3v) is 5.74. The van der Waals surface area contributed by atoms with Crippen LogP contribution in [0, 0.1) is 0 Å². The van der Waals surface area contributed by atoms with E-state index in [2.05, 4.69) is 20.2 Å². The Morgan fingerprint density at radius 2 is 1.90 bits per heavy atom. The third kappa shape index (κ3) is 3.28. The number of hydrogen-bond donors (Lipinski definition) is 0. The maximum atomic E-state index is 13.4. The number of fused-ring (bicyclic) bond motifs is 2. The van der Waals surface area contributed by atoms with Crippen LogP contribution >= 0.6 is 0 Å². The summed E-state index contributed by atoms with van der Waals surface area (Å²) >= 11 is 0. The average molecular weight is 392 g/mol. The molecule has 4 heterocycles. The van der Waals surface area contributed by atoms with Crippen molar-refractivity contribution in [2.75, 3.05) is 31.1 Å². The Morgan fingerprint density at radius 1 is 1.10 bits per heavy atom. The predicted octanol–water partition coefficient (Wildman–Crippen LogP) is 2.12. The Balaban J connectivity index is 1.31. The number of anilines is 1. The molecule has 150 valence electrons. The van der Waals surface area contributed by atoms with Crippen LogP contribution in [0.3, 0.4) is 0 Å². The molecule has 1 atom stereocenters. The molecule has 1 unspecified atom stereocenters. The van der Waals surface area contributed by atoms with Gasteiger partial charge >= 0.3 is 0 Å². The van der Waals surface area contributed by atoms with Gasteiger partial charge in [0.05, 0.1) is 5.92 Å². The molecule has 1 amide bonds. The molecule has 0 saturated carbocycles. The molecule has 1 fully saturated rings. The van der Waals surface area contributed by atoms with Crippen molar-refractivity contribution in [3.05, 3.63) is 48.3 Å². The maximum Gasteiger partial charge on any atom is 0.230 e. The Bertz CT molecular complexity index is 1050. The van der Waals surface area contributed by atoms with Crippen LogP contribution in [-0.4, -0.2) is 62.4 Å². The lowest BCUT2D eigenvalue weighted by molar-refractivity contribution is -0.135. The maximum absolute atomic E-state index is 13.4. The van der Waals surface area contributed by atoms with Gasteiger partial charge < -0.3 is 14.5 Å². The van der Waals surface area contributed by atoms with Crippen molar-refractivity contribution >= 4 is 17.4 Å². The van der Waals surface area contributed by atoms with E-state index in [-0.39, 0.29) is 17.4 Å². The van der Waals surface area contributed by atoms with Crippen molar-refractivity contribution in [3.63, 3.8) is 0 Å². The molecule has 0 bridgehead atoms. The van der Waals surface area contributed by atoms with Gasteiger partial charge in [-0.25, -0.2) is 0 Å². The quantitative estimate of drug-likeness (QED) is 0.665. The highest BCUT2D eigenvalue weighted by Gasteiger charge is 2.39. The summed E-state index contributed by atoms with van der Waals surface area (Å²) in [5.74, 6) is 1.73. The van der Waals surface area contributed by atoms with E-state index in [0.717, 1.165) is 35.9 Å². The SMILES string of the molecule is CC1(C)CC(C(=O)N2CCN(c3ccc4nncn4n3)CC2)c2ccccc2O1. The summed E-state index contributed by atoms with van der Waals surface area (Å²) < 4.78 is 7.77. The minimum atomic E-state index is -0.353. The van der Waals surface area contributed by atoms with Crippen LogP contribution in [0.15, 0.2) is 42.7 Å². The Morgan fingerprint density at radius 3 is 2.72 bits per heavy atom. The molecule has 2 aliphatic rings. The first-order valence-electron chi connectivity index (χ1n) is 9.99. The van der Waals surface area contributed by atoms with E-state index in [4.69, 9.17) is 4.74 Å². The number of amides is 1. The molecule has 0 radical (unpaired) electrons. The van der Waals surface area contributed by atoms with Crippen LogP contribution in [0.5, 0.6) is 5.75 Å². The zero-order chi connectivity index (χ0) is 20.0. The van der Waals surface area contributed by atoms with Crippen LogP contribution in [0.25, 0.3) is 5.65 Å². The molecule has 5 rings (SSSR count). The lowest BCUT2D eigenvalue weighted by atomic mass is 9.83. The summed E-state index contributed by atoms with van der Waals surface area (Å²) in [5.41, 5.74) is 1.37. The lowest BCUT2D eigenvalue weighted by Crippen LogP contribution is -2.51. The number of nitrogens with zero attached hydrogens (tertiary/aromatic N) is 6. The molecule has 8 nitrogen and oxygen atoms in total. The van der Waals surface area contributed by atoms with Crippen molar-refractivity contribution in [1.82, 2.24) is 24.7 Å². The topological polar surface area (TPSA) is 75.9 Å². The Hall–Kier alpha value is -3.16. The molecule has 0 aliphatic carbocycles. The van der Waals surface area contributed by atoms with Gasteiger partial charge in [-0.05, 0) is 32.0 Å². The second kappa shape index (κ2) is 6.72. The zero-order valence-corrected chi connectivity index (χ0v) is 16.7. The van der Waals surface area contributed by atoms with E-state index in [1.807, 2.05) is 55.1 Å². The molecule has 8 heteroatoms. The van der Waals surface area contributed by atoms with Crippen LogP contribution < -0.4 is 9.64 Å². The summed E-state index contributed by atoms with van der Waals surface area (Å²) in [5, 5.41) is 12.4. The Kier molecular flexibility index (Phi) is 4.15. The molecular formula is C21H24N6O2. The molecule has 0 spiro atoms. The monoisotopic (exact) mass is 392 g/mol. The minimum absolute atomic E-state index is 0.159. The van der Waals surface area contributed by atoms with Crippen molar-refractivity contribution in [3.8, 4) is 5.75 Å². The molecule has 3 aromatic rings. The fourth-order valence-electron chi connectivity index (χ4n) is 4.29. The summed E-state index contributed by atoms with van der Waals surface area (Å²) in [6, 6.07) is 11.8. The van der Waals surface area contributed by atoms with E-state index < -0.39 is 0 Å². The highest BCUT2D eigenvalue weighted by molar-refractivity contribution is 5.85. The van der Waals surface area contributed by atoms with Gasteiger partial charge in [-0.1, -0.05) is 18.2 Å². The molecular weight excluding hydrogens is 368 g/mol. The molecule has 1 aromatic carbocycles. The second-order valence-corrected chi connectivity index (χ2v) is 8.29. The standard InChI is InChI=1S/C21H24N6O2/c1-21(2)13-16(15-5-3-4-6-17(15)29-21)20(28)26-11-9-25(10-12-26)19-8-7-18-23-22-14-27(18)24-19/h3-8,14,16H,9-13H2,1-2H3. The number of carbonyl (C=O) groups is 1. The number of carbonyl (C=O) groups excluding carboxylic acids is 1. The smallest absolute Gasteiger partial charge is 0.230 e. The summed E-state index contributed by atoms with van der Waals surface area (Å²) in [4.78, 5) is 17.6. The fraction of sp³-hybridized carbons (Fsp3) is 0.429. The lowest BCUT2D eigenvalue weighted by Gasteiger charge is -2.41. The molecule has 2 aromatic heterocycles. The minimum Gasteiger partial charge on any atom is -0.488 e. The summed E-state index contributed by atoms with van der Waals surface area (Å²) in [6.07, 6.45) is 2.29. The largest absolute Gasteiger partial charge is 0.488 e. The number of benzene rings is 1. The highest BCUT2D eigenvalue weighted by atomic mass is 16.5. The number of aromatic nitrogens is 4.